The zero-order chi connectivity index (χ0) is 19.6. The summed E-state index contributed by atoms with van der Waals surface area (Å²) in [6, 6.07) is 6.14. The molecule has 8 heteroatoms. The molecule has 0 saturated carbocycles. The maximum atomic E-state index is 13.5. The number of thiophene rings is 1. The number of aryl methyl sites for hydroxylation is 1. The van der Waals surface area contributed by atoms with Crippen molar-refractivity contribution in [2.75, 3.05) is 5.75 Å². The molecule has 3 aromatic rings. The summed E-state index contributed by atoms with van der Waals surface area (Å²) in [6.07, 6.45) is 0.842. The minimum atomic E-state index is -0.364. The number of carbonyl (C=O) groups excluding carboxylic acids is 1. The fourth-order valence-electron chi connectivity index (χ4n) is 2.62. The Morgan fingerprint density at radius 2 is 2.19 bits per heavy atom. The van der Waals surface area contributed by atoms with Crippen molar-refractivity contribution in [2.24, 2.45) is 0 Å². The molecule has 0 aliphatic heterocycles. The molecule has 27 heavy (non-hydrogen) atoms. The van der Waals surface area contributed by atoms with Crippen LogP contribution in [0.2, 0.25) is 0 Å². The number of nitrogens with one attached hydrogen (secondary N) is 1. The van der Waals surface area contributed by atoms with E-state index < -0.39 is 0 Å². The Balaban J connectivity index is 2.03. The highest BCUT2D eigenvalue weighted by atomic mass is 32.2. The number of halogens is 1. The molecule has 1 amide bonds. The second kappa shape index (κ2) is 8.22. The first-order chi connectivity index (χ1) is 12.9. The maximum Gasteiger partial charge on any atom is 0.276 e. The number of rotatable bonds is 6. The van der Waals surface area contributed by atoms with Gasteiger partial charge in [-0.3, -0.25) is 14.2 Å². The minimum absolute atomic E-state index is 0.0898. The number of nitrogens with zero attached hydrogens (tertiary/aromatic N) is 2. The van der Waals surface area contributed by atoms with Gasteiger partial charge in [0, 0.05) is 6.04 Å². The third-order valence-corrected chi connectivity index (χ3v) is 6.03. The highest BCUT2D eigenvalue weighted by Gasteiger charge is 2.17. The summed E-state index contributed by atoms with van der Waals surface area (Å²) in [5.74, 6) is -0.333. The summed E-state index contributed by atoms with van der Waals surface area (Å²) in [6.45, 7) is 5.68. The van der Waals surface area contributed by atoms with Crippen molar-refractivity contribution < 1.29 is 9.18 Å². The fraction of sp³-hybridized carbons (Fsp3) is 0.316. The highest BCUT2D eigenvalue weighted by molar-refractivity contribution is 7.99. The summed E-state index contributed by atoms with van der Waals surface area (Å²) in [5.41, 5.74) is 1.58. The lowest BCUT2D eigenvalue weighted by Gasteiger charge is -2.15. The summed E-state index contributed by atoms with van der Waals surface area (Å²) >= 11 is 2.52. The van der Waals surface area contributed by atoms with Crippen LogP contribution in [0.4, 0.5) is 4.39 Å². The third kappa shape index (κ3) is 4.22. The van der Waals surface area contributed by atoms with Crippen molar-refractivity contribution in [1.82, 2.24) is 14.9 Å². The Labute approximate surface area is 164 Å². The van der Waals surface area contributed by atoms with E-state index >= 15 is 0 Å². The molecular formula is C19H20FN3O2S2. The van der Waals surface area contributed by atoms with E-state index in [1.807, 2.05) is 19.2 Å². The van der Waals surface area contributed by atoms with Gasteiger partial charge in [0.2, 0.25) is 5.91 Å². The molecule has 0 unspecified atom stereocenters. The number of hydrogen-bond acceptors (Lipinski definition) is 5. The highest BCUT2D eigenvalue weighted by Crippen LogP contribution is 2.25. The number of aromatic nitrogens is 2. The first-order valence-electron chi connectivity index (χ1n) is 8.59. The van der Waals surface area contributed by atoms with Crippen LogP contribution in [-0.4, -0.2) is 27.3 Å². The van der Waals surface area contributed by atoms with Crippen LogP contribution in [0, 0.1) is 12.7 Å². The minimum Gasteiger partial charge on any atom is -0.353 e. The summed E-state index contributed by atoms with van der Waals surface area (Å²) in [4.78, 5) is 29.8. The third-order valence-electron chi connectivity index (χ3n) is 4.20. The topological polar surface area (TPSA) is 64.0 Å². The van der Waals surface area contributed by atoms with Crippen LogP contribution in [0.25, 0.3) is 15.9 Å². The van der Waals surface area contributed by atoms with Crippen molar-refractivity contribution >= 4 is 39.2 Å². The van der Waals surface area contributed by atoms with Crippen molar-refractivity contribution in [3.8, 4) is 5.69 Å². The lowest BCUT2D eigenvalue weighted by atomic mass is 10.2. The number of benzene rings is 1. The smallest absolute Gasteiger partial charge is 0.276 e. The van der Waals surface area contributed by atoms with E-state index in [1.54, 1.807) is 19.1 Å². The van der Waals surface area contributed by atoms with Gasteiger partial charge in [0.15, 0.2) is 5.16 Å². The van der Waals surface area contributed by atoms with E-state index in [0.29, 0.717) is 26.6 Å². The quantitative estimate of drug-likeness (QED) is 0.499. The number of carbonyl (C=O) groups is 1. The zero-order valence-electron chi connectivity index (χ0n) is 15.3. The molecule has 0 aliphatic carbocycles. The molecule has 0 radical (unpaired) electrons. The number of hydrogen-bond donors (Lipinski definition) is 1. The lowest BCUT2D eigenvalue weighted by molar-refractivity contribution is -0.119. The summed E-state index contributed by atoms with van der Waals surface area (Å²) in [7, 11) is 0. The van der Waals surface area contributed by atoms with Gasteiger partial charge in [0.05, 0.1) is 17.0 Å². The molecule has 0 fully saturated rings. The van der Waals surface area contributed by atoms with Gasteiger partial charge in [-0.25, -0.2) is 9.37 Å². The second-order valence-corrected chi connectivity index (χ2v) is 8.12. The Hall–Kier alpha value is -2.19. The number of amides is 1. The van der Waals surface area contributed by atoms with Gasteiger partial charge >= 0.3 is 0 Å². The fourth-order valence-corrected chi connectivity index (χ4v) is 4.20. The van der Waals surface area contributed by atoms with Gasteiger partial charge in [0.1, 0.15) is 10.5 Å². The Morgan fingerprint density at radius 1 is 1.41 bits per heavy atom. The molecule has 0 aliphatic rings. The van der Waals surface area contributed by atoms with Gasteiger partial charge in [-0.15, -0.1) is 11.3 Å². The van der Waals surface area contributed by atoms with E-state index in [4.69, 9.17) is 0 Å². The molecule has 2 heterocycles. The van der Waals surface area contributed by atoms with Crippen LogP contribution < -0.4 is 10.9 Å². The van der Waals surface area contributed by atoms with Crippen molar-refractivity contribution in [1.29, 1.82) is 0 Å². The Morgan fingerprint density at radius 3 is 2.89 bits per heavy atom. The Kier molecular flexibility index (Phi) is 5.96. The normalized spacial score (nSPS) is 12.3. The van der Waals surface area contributed by atoms with Crippen LogP contribution in [0.5, 0.6) is 0 Å². The summed E-state index contributed by atoms with van der Waals surface area (Å²) in [5, 5.41) is 5.13. The molecule has 142 valence electrons. The van der Waals surface area contributed by atoms with E-state index in [1.165, 1.54) is 39.8 Å². The van der Waals surface area contributed by atoms with E-state index in [-0.39, 0.29) is 29.1 Å². The van der Waals surface area contributed by atoms with Gasteiger partial charge in [-0.2, -0.15) is 0 Å². The average molecular weight is 406 g/mol. The van der Waals surface area contributed by atoms with Crippen molar-refractivity contribution in [3.05, 3.63) is 51.4 Å². The first kappa shape index (κ1) is 19.6. The average Bonchev–Trinajstić information content (AvgIpc) is 3.10. The van der Waals surface area contributed by atoms with Crippen LogP contribution in [0.15, 0.2) is 39.6 Å². The predicted molar refractivity (Wildman–Crippen MR) is 109 cm³/mol. The maximum absolute atomic E-state index is 13.5. The van der Waals surface area contributed by atoms with Crippen LogP contribution in [0.1, 0.15) is 25.8 Å². The molecule has 0 spiro atoms. The molecule has 3 rings (SSSR count). The first-order valence-corrected chi connectivity index (χ1v) is 10.5. The number of fused-ring (bicyclic) bond motifs is 1. The van der Waals surface area contributed by atoms with E-state index in [9.17, 15) is 14.0 Å². The van der Waals surface area contributed by atoms with Gasteiger partial charge in [-0.1, -0.05) is 18.7 Å². The zero-order valence-corrected chi connectivity index (χ0v) is 16.9. The molecule has 1 atom stereocenters. The number of thioether (sulfide) groups is 1. The van der Waals surface area contributed by atoms with Crippen molar-refractivity contribution in [3.63, 3.8) is 0 Å². The lowest BCUT2D eigenvalue weighted by Crippen LogP contribution is -2.33. The largest absolute Gasteiger partial charge is 0.353 e. The molecular weight excluding hydrogens is 385 g/mol. The molecule has 0 bridgehead atoms. The van der Waals surface area contributed by atoms with Gasteiger partial charge in [0.25, 0.3) is 5.56 Å². The monoisotopic (exact) mass is 405 g/mol. The molecule has 5 nitrogen and oxygen atoms in total. The molecule has 2 aromatic heterocycles. The van der Waals surface area contributed by atoms with Crippen LogP contribution >= 0.6 is 23.1 Å². The van der Waals surface area contributed by atoms with Gasteiger partial charge in [-0.05, 0) is 55.5 Å². The molecule has 1 N–H and O–H groups in total. The SMILES string of the molecule is CC[C@H](C)NC(=O)CSc1nc2ccsc2c(=O)n1-c1ccc(F)cc1C. The van der Waals surface area contributed by atoms with E-state index in [2.05, 4.69) is 10.3 Å². The summed E-state index contributed by atoms with van der Waals surface area (Å²) < 4.78 is 15.5. The van der Waals surface area contributed by atoms with Gasteiger partial charge < -0.3 is 5.32 Å². The predicted octanol–water partition coefficient (Wildman–Crippen LogP) is 3.90. The van der Waals surface area contributed by atoms with E-state index in [0.717, 1.165) is 6.42 Å². The molecule has 1 aromatic carbocycles. The standard InChI is InChI=1S/C19H20FN3O2S2/c1-4-12(3)21-16(24)10-27-19-22-14-7-8-26-17(14)18(25)23(19)15-6-5-13(20)9-11(15)2/h5-9,12H,4,10H2,1-3H3,(H,21,24)/t12-/m0/s1. The van der Waals surface area contributed by atoms with Crippen LogP contribution in [0.3, 0.4) is 0 Å². The van der Waals surface area contributed by atoms with Crippen molar-refractivity contribution in [2.45, 2.75) is 38.4 Å². The second-order valence-electron chi connectivity index (χ2n) is 6.27. The Bertz CT molecular complexity index is 1050. The van der Waals surface area contributed by atoms with Crippen LogP contribution in [-0.2, 0) is 4.79 Å². The molecule has 0 saturated heterocycles.